The zero-order chi connectivity index (χ0) is 24.5. The van der Waals surface area contributed by atoms with E-state index in [1.807, 2.05) is 6.07 Å². The fourth-order valence-corrected chi connectivity index (χ4v) is 6.31. The first-order valence-corrected chi connectivity index (χ1v) is 13.9. The van der Waals surface area contributed by atoms with E-state index in [2.05, 4.69) is 41.6 Å². The molecule has 1 fully saturated rings. The van der Waals surface area contributed by atoms with Gasteiger partial charge in [-0.3, -0.25) is 9.59 Å². The van der Waals surface area contributed by atoms with Crippen molar-refractivity contribution in [1.82, 2.24) is 25.1 Å². The fourth-order valence-electron chi connectivity index (χ4n) is 3.31. The summed E-state index contributed by atoms with van der Waals surface area (Å²) in [4.78, 5) is 32.3. The number of rotatable bonds is 9. The van der Waals surface area contributed by atoms with Gasteiger partial charge in [-0.15, -0.1) is 16.4 Å². The molecular formula is C21H23BrN6O4S2. The summed E-state index contributed by atoms with van der Waals surface area (Å²) in [6, 6.07) is 5.07. The van der Waals surface area contributed by atoms with Crippen LogP contribution in [0.5, 0.6) is 0 Å². The van der Waals surface area contributed by atoms with Gasteiger partial charge in [-0.1, -0.05) is 0 Å². The highest BCUT2D eigenvalue weighted by Gasteiger charge is 2.29. The largest absolute Gasteiger partial charge is 0.356 e. The van der Waals surface area contributed by atoms with Crippen LogP contribution in [0.4, 0.5) is 11.6 Å². The number of nitrogens with zero attached hydrogens (tertiary/aromatic N) is 4. The first-order valence-electron chi connectivity index (χ1n) is 10.6. The quantitative estimate of drug-likeness (QED) is 0.374. The standard InChI is InChI=1S/C21H23BrN6O4S2/c1-12(29)23-8-3-9-34(31,32)19-7-6-17(33-19)21-24-11-15(22)20(26-21)25-18-10-16(14-4-5-14)28(27-18)13(2)30/h6-7,10-11,14H,3-5,8-9H2,1-2H3,(H,23,29)(H,24,25,26,27). The number of hydrogen-bond donors (Lipinski definition) is 2. The van der Waals surface area contributed by atoms with Crippen LogP contribution in [-0.2, 0) is 14.6 Å². The third-order valence-electron chi connectivity index (χ3n) is 5.09. The Balaban J connectivity index is 1.52. The van der Waals surface area contributed by atoms with Crippen LogP contribution < -0.4 is 10.6 Å². The second-order valence-corrected chi connectivity index (χ2v) is 12.2. The smallest absolute Gasteiger partial charge is 0.244 e. The van der Waals surface area contributed by atoms with Crippen LogP contribution in [-0.4, -0.2) is 52.3 Å². The molecule has 1 aliphatic rings. The number of carbonyl (C=O) groups excluding carboxylic acids is 2. The van der Waals surface area contributed by atoms with Gasteiger partial charge in [-0.2, -0.15) is 0 Å². The Morgan fingerprint density at radius 1 is 1.26 bits per heavy atom. The van der Waals surface area contributed by atoms with Crippen molar-refractivity contribution >= 4 is 60.6 Å². The zero-order valence-electron chi connectivity index (χ0n) is 18.5. The predicted octanol–water partition coefficient (Wildman–Crippen LogP) is 3.75. The minimum Gasteiger partial charge on any atom is -0.356 e. The molecular weight excluding hydrogens is 544 g/mol. The second-order valence-electron chi connectivity index (χ2n) is 7.95. The van der Waals surface area contributed by atoms with Gasteiger partial charge >= 0.3 is 0 Å². The molecule has 10 nitrogen and oxygen atoms in total. The summed E-state index contributed by atoms with van der Waals surface area (Å²) in [7, 11) is -3.48. The predicted molar refractivity (Wildman–Crippen MR) is 132 cm³/mol. The Hall–Kier alpha value is -2.64. The topological polar surface area (TPSA) is 136 Å². The summed E-state index contributed by atoms with van der Waals surface area (Å²) in [6.45, 7) is 3.17. The van der Waals surface area contributed by atoms with E-state index in [1.54, 1.807) is 18.3 Å². The molecule has 0 radical (unpaired) electrons. The highest BCUT2D eigenvalue weighted by Crippen LogP contribution is 2.41. The first-order chi connectivity index (χ1) is 16.1. The lowest BCUT2D eigenvalue weighted by molar-refractivity contribution is -0.118. The molecule has 4 rings (SSSR count). The van der Waals surface area contributed by atoms with Crippen molar-refractivity contribution in [2.75, 3.05) is 17.6 Å². The molecule has 2 N–H and O–H groups in total. The zero-order valence-corrected chi connectivity index (χ0v) is 21.8. The highest BCUT2D eigenvalue weighted by atomic mass is 79.9. The molecule has 0 atom stereocenters. The number of thiophene rings is 1. The van der Waals surface area contributed by atoms with Crippen molar-refractivity contribution in [3.8, 4) is 10.7 Å². The number of anilines is 2. The molecule has 0 unspecified atom stereocenters. The van der Waals surface area contributed by atoms with Gasteiger partial charge in [0.05, 0.1) is 20.8 Å². The van der Waals surface area contributed by atoms with Crippen LogP contribution in [0.1, 0.15) is 49.5 Å². The summed E-state index contributed by atoms with van der Waals surface area (Å²) in [5.41, 5.74) is 0.881. The number of carbonyl (C=O) groups is 2. The van der Waals surface area contributed by atoms with E-state index in [9.17, 15) is 18.0 Å². The van der Waals surface area contributed by atoms with Crippen molar-refractivity contribution < 1.29 is 18.0 Å². The maximum atomic E-state index is 12.6. The number of nitrogens with one attached hydrogen (secondary N) is 2. The Morgan fingerprint density at radius 2 is 2.03 bits per heavy atom. The number of amides is 1. The molecule has 1 amide bonds. The SMILES string of the molecule is CC(=O)NCCCS(=O)(=O)c1ccc(-c2ncc(Br)c(Nc3cc(C4CC4)n(C(C)=O)n3)n2)s1. The van der Waals surface area contributed by atoms with E-state index < -0.39 is 9.84 Å². The van der Waals surface area contributed by atoms with Gasteiger partial charge in [0.1, 0.15) is 10.0 Å². The Morgan fingerprint density at radius 3 is 2.71 bits per heavy atom. The molecule has 34 heavy (non-hydrogen) atoms. The van der Waals surface area contributed by atoms with Gasteiger partial charge in [0.2, 0.25) is 11.8 Å². The molecule has 3 aromatic rings. The van der Waals surface area contributed by atoms with Crippen LogP contribution >= 0.6 is 27.3 Å². The average Bonchev–Trinajstić information content (AvgIpc) is 3.32. The van der Waals surface area contributed by atoms with Gasteiger partial charge in [0, 0.05) is 38.6 Å². The van der Waals surface area contributed by atoms with Crippen LogP contribution in [0.15, 0.2) is 33.1 Å². The van der Waals surface area contributed by atoms with E-state index >= 15 is 0 Å². The van der Waals surface area contributed by atoms with E-state index in [0.717, 1.165) is 29.9 Å². The van der Waals surface area contributed by atoms with Crippen LogP contribution in [0.3, 0.4) is 0 Å². The van der Waals surface area contributed by atoms with Crippen molar-refractivity contribution in [1.29, 1.82) is 0 Å². The Kier molecular flexibility index (Phi) is 7.14. The van der Waals surface area contributed by atoms with Gasteiger partial charge in [-0.05, 0) is 47.3 Å². The minimum absolute atomic E-state index is 0.0661. The molecule has 3 aromatic heterocycles. The molecule has 0 aromatic carbocycles. The van der Waals surface area contributed by atoms with Gasteiger partial charge in [0.15, 0.2) is 21.5 Å². The average molecular weight is 567 g/mol. The molecule has 13 heteroatoms. The number of hydrogen-bond acceptors (Lipinski definition) is 9. The molecule has 0 aliphatic heterocycles. The Bertz CT molecular complexity index is 1350. The number of sulfone groups is 1. The third-order valence-corrected chi connectivity index (χ3v) is 9.14. The van der Waals surface area contributed by atoms with Crippen molar-refractivity contribution in [2.45, 2.75) is 43.2 Å². The molecule has 3 heterocycles. The van der Waals surface area contributed by atoms with Crippen LogP contribution in [0.25, 0.3) is 10.7 Å². The third kappa shape index (κ3) is 5.70. The summed E-state index contributed by atoms with van der Waals surface area (Å²) in [5.74, 6) is 1.25. The minimum atomic E-state index is -3.48. The van der Waals surface area contributed by atoms with Crippen LogP contribution in [0, 0.1) is 0 Å². The lowest BCUT2D eigenvalue weighted by Gasteiger charge is -2.06. The van der Waals surface area contributed by atoms with Gasteiger partial charge < -0.3 is 10.6 Å². The van der Waals surface area contributed by atoms with Gasteiger partial charge in [-0.25, -0.2) is 23.1 Å². The monoisotopic (exact) mass is 566 g/mol. The van der Waals surface area contributed by atoms with E-state index in [4.69, 9.17) is 0 Å². The Labute approximate surface area is 209 Å². The summed E-state index contributed by atoms with van der Waals surface area (Å²) < 4.78 is 27.5. The fraction of sp³-hybridized carbons (Fsp3) is 0.381. The molecule has 1 saturated carbocycles. The molecule has 0 spiro atoms. The number of halogens is 1. The molecule has 180 valence electrons. The summed E-state index contributed by atoms with van der Waals surface area (Å²) in [5, 5.41) is 10.1. The van der Waals surface area contributed by atoms with E-state index in [0.29, 0.717) is 45.7 Å². The number of aromatic nitrogens is 4. The van der Waals surface area contributed by atoms with Crippen molar-refractivity contribution in [2.24, 2.45) is 0 Å². The highest BCUT2D eigenvalue weighted by molar-refractivity contribution is 9.10. The summed E-state index contributed by atoms with van der Waals surface area (Å²) in [6.07, 6.45) is 3.98. The van der Waals surface area contributed by atoms with E-state index in [1.165, 1.54) is 18.5 Å². The first kappa shape index (κ1) is 24.5. The van der Waals surface area contributed by atoms with Crippen LogP contribution in [0.2, 0.25) is 0 Å². The van der Waals surface area contributed by atoms with Gasteiger partial charge in [0.25, 0.3) is 0 Å². The van der Waals surface area contributed by atoms with Crippen molar-refractivity contribution in [3.63, 3.8) is 0 Å². The normalized spacial score (nSPS) is 13.6. The molecule has 1 aliphatic carbocycles. The maximum absolute atomic E-state index is 12.6. The molecule has 0 saturated heterocycles. The molecule has 0 bridgehead atoms. The lowest BCUT2D eigenvalue weighted by Crippen LogP contribution is -2.22. The van der Waals surface area contributed by atoms with E-state index in [-0.39, 0.29) is 21.8 Å². The van der Waals surface area contributed by atoms with Crippen molar-refractivity contribution in [3.05, 3.63) is 34.6 Å². The summed E-state index contributed by atoms with van der Waals surface area (Å²) >= 11 is 4.52. The maximum Gasteiger partial charge on any atom is 0.244 e. The lowest BCUT2D eigenvalue weighted by atomic mass is 10.3. The second kappa shape index (κ2) is 9.92.